The second kappa shape index (κ2) is 6.31. The molecule has 1 aliphatic rings. The summed E-state index contributed by atoms with van der Waals surface area (Å²) < 4.78 is 5.65. The molecular formula is C16H18ClN3O. The number of nitrogens with zero attached hydrogens (tertiary/aromatic N) is 2. The molecule has 1 N–H and O–H groups in total. The maximum absolute atomic E-state index is 6.18. The van der Waals surface area contributed by atoms with E-state index in [0.29, 0.717) is 24.2 Å². The molecule has 0 saturated heterocycles. The zero-order chi connectivity index (χ0) is 14.7. The van der Waals surface area contributed by atoms with Crippen molar-refractivity contribution in [1.82, 2.24) is 9.97 Å². The molecule has 0 aliphatic heterocycles. The third-order valence-corrected chi connectivity index (χ3v) is 3.82. The zero-order valence-electron chi connectivity index (χ0n) is 12.0. The molecule has 0 radical (unpaired) electrons. The Morgan fingerprint density at radius 1 is 1.24 bits per heavy atom. The van der Waals surface area contributed by atoms with Crippen LogP contribution in [0.15, 0.2) is 30.3 Å². The Hall–Kier alpha value is -1.81. The highest BCUT2D eigenvalue weighted by Crippen LogP contribution is 2.39. The maximum atomic E-state index is 6.18. The minimum absolute atomic E-state index is 0.490. The number of halogens is 1. The van der Waals surface area contributed by atoms with Crippen molar-refractivity contribution in [2.24, 2.45) is 0 Å². The normalized spacial score (nSPS) is 14.0. The molecule has 3 rings (SSSR count). The van der Waals surface area contributed by atoms with Gasteiger partial charge in [-0.3, -0.25) is 0 Å². The summed E-state index contributed by atoms with van der Waals surface area (Å²) in [7, 11) is 0. The highest BCUT2D eigenvalue weighted by atomic mass is 35.5. The first-order valence-corrected chi connectivity index (χ1v) is 7.57. The predicted molar refractivity (Wildman–Crippen MR) is 84.2 cm³/mol. The van der Waals surface area contributed by atoms with Crippen LogP contribution in [0.4, 0.5) is 5.82 Å². The fourth-order valence-electron chi connectivity index (χ4n) is 2.06. The molecule has 2 aromatic rings. The molecule has 0 spiro atoms. The number of hydrogen-bond donors (Lipinski definition) is 1. The van der Waals surface area contributed by atoms with Crippen molar-refractivity contribution in [1.29, 1.82) is 0 Å². The molecule has 1 aromatic carbocycles. The number of anilines is 1. The van der Waals surface area contributed by atoms with E-state index in [1.54, 1.807) is 0 Å². The van der Waals surface area contributed by atoms with Gasteiger partial charge in [-0.05, 0) is 31.9 Å². The molecule has 0 atom stereocenters. The van der Waals surface area contributed by atoms with E-state index in [1.807, 2.05) is 37.3 Å². The van der Waals surface area contributed by atoms with E-state index < -0.39 is 0 Å². The lowest BCUT2D eigenvalue weighted by Crippen LogP contribution is -2.14. The Morgan fingerprint density at radius 2 is 2.00 bits per heavy atom. The van der Waals surface area contributed by atoms with Crippen LogP contribution in [-0.4, -0.2) is 23.1 Å². The number of hydrogen-bond acceptors (Lipinski definition) is 4. The van der Waals surface area contributed by atoms with Crippen molar-refractivity contribution < 1.29 is 4.74 Å². The first-order chi connectivity index (χ1) is 10.2. The second-order valence-corrected chi connectivity index (χ2v) is 5.57. The summed E-state index contributed by atoms with van der Waals surface area (Å²) in [6, 6.07) is 9.77. The predicted octanol–water partition coefficient (Wildman–Crippen LogP) is 3.81. The summed E-state index contributed by atoms with van der Waals surface area (Å²) in [5.74, 6) is 3.03. The first kappa shape index (κ1) is 14.1. The summed E-state index contributed by atoms with van der Waals surface area (Å²) in [6.45, 7) is 3.18. The molecule has 0 amide bonds. The Morgan fingerprint density at radius 3 is 2.71 bits per heavy atom. The van der Waals surface area contributed by atoms with E-state index >= 15 is 0 Å². The Labute approximate surface area is 129 Å². The van der Waals surface area contributed by atoms with Crippen LogP contribution in [0.5, 0.6) is 5.75 Å². The van der Waals surface area contributed by atoms with Crippen LogP contribution in [-0.2, 0) is 0 Å². The van der Waals surface area contributed by atoms with Crippen molar-refractivity contribution in [2.75, 3.05) is 18.5 Å². The lowest BCUT2D eigenvalue weighted by Gasteiger charge is -2.12. The summed E-state index contributed by atoms with van der Waals surface area (Å²) in [5, 5.41) is 3.83. The van der Waals surface area contributed by atoms with E-state index in [0.717, 1.165) is 35.8 Å². The van der Waals surface area contributed by atoms with Crippen molar-refractivity contribution in [3.05, 3.63) is 46.9 Å². The summed E-state index contributed by atoms with van der Waals surface area (Å²) in [5.41, 5.74) is 0.890. The van der Waals surface area contributed by atoms with Gasteiger partial charge in [-0.2, -0.15) is 0 Å². The van der Waals surface area contributed by atoms with Crippen LogP contribution in [0.25, 0.3) is 0 Å². The SMILES string of the molecule is Cc1c(Cl)nc(C2CC2)nc1NCCOc1ccccc1. The van der Waals surface area contributed by atoms with Crippen LogP contribution < -0.4 is 10.1 Å². The van der Waals surface area contributed by atoms with Crippen molar-refractivity contribution in [2.45, 2.75) is 25.7 Å². The average Bonchev–Trinajstić information content (AvgIpc) is 3.33. The molecule has 5 heteroatoms. The number of para-hydroxylation sites is 1. The maximum Gasteiger partial charge on any atom is 0.137 e. The minimum atomic E-state index is 0.490. The van der Waals surface area contributed by atoms with E-state index in [9.17, 15) is 0 Å². The monoisotopic (exact) mass is 303 g/mol. The standard InChI is InChI=1S/C16H18ClN3O/c1-11-14(17)19-16(12-7-8-12)20-15(11)18-9-10-21-13-5-3-2-4-6-13/h2-6,12H,7-10H2,1H3,(H,18,19,20). The fraction of sp³-hybridized carbons (Fsp3) is 0.375. The largest absolute Gasteiger partial charge is 0.492 e. The molecule has 0 bridgehead atoms. The smallest absolute Gasteiger partial charge is 0.137 e. The zero-order valence-corrected chi connectivity index (χ0v) is 12.7. The van der Waals surface area contributed by atoms with E-state index in [-0.39, 0.29) is 0 Å². The van der Waals surface area contributed by atoms with E-state index in [2.05, 4.69) is 15.3 Å². The number of benzene rings is 1. The van der Waals surface area contributed by atoms with E-state index in [1.165, 1.54) is 0 Å². The van der Waals surface area contributed by atoms with Gasteiger partial charge in [0.1, 0.15) is 29.2 Å². The van der Waals surface area contributed by atoms with Crippen LogP contribution in [0, 0.1) is 6.92 Å². The molecule has 110 valence electrons. The van der Waals surface area contributed by atoms with Crippen molar-refractivity contribution in [3.63, 3.8) is 0 Å². The van der Waals surface area contributed by atoms with Crippen molar-refractivity contribution in [3.8, 4) is 5.75 Å². The molecule has 1 heterocycles. The third-order valence-electron chi connectivity index (χ3n) is 3.45. The van der Waals surface area contributed by atoms with Crippen LogP contribution in [0.1, 0.15) is 30.1 Å². The highest BCUT2D eigenvalue weighted by molar-refractivity contribution is 6.30. The summed E-state index contributed by atoms with van der Waals surface area (Å²) in [6.07, 6.45) is 2.33. The van der Waals surface area contributed by atoms with Crippen LogP contribution in [0.3, 0.4) is 0 Å². The fourth-order valence-corrected chi connectivity index (χ4v) is 2.23. The third kappa shape index (κ3) is 3.64. The molecule has 4 nitrogen and oxygen atoms in total. The van der Waals surface area contributed by atoms with Gasteiger partial charge < -0.3 is 10.1 Å². The molecule has 1 fully saturated rings. The second-order valence-electron chi connectivity index (χ2n) is 5.21. The van der Waals surface area contributed by atoms with Gasteiger partial charge in [0, 0.05) is 11.5 Å². The molecular weight excluding hydrogens is 286 g/mol. The average molecular weight is 304 g/mol. The van der Waals surface area contributed by atoms with Gasteiger partial charge in [0.25, 0.3) is 0 Å². The Balaban J connectivity index is 1.57. The molecule has 0 unspecified atom stereocenters. The molecule has 1 aliphatic carbocycles. The van der Waals surface area contributed by atoms with Gasteiger partial charge in [0.15, 0.2) is 0 Å². The van der Waals surface area contributed by atoms with Crippen LogP contribution >= 0.6 is 11.6 Å². The van der Waals surface area contributed by atoms with Gasteiger partial charge in [-0.15, -0.1) is 0 Å². The molecule has 1 saturated carbocycles. The number of ether oxygens (including phenoxy) is 1. The van der Waals surface area contributed by atoms with Gasteiger partial charge >= 0.3 is 0 Å². The quantitative estimate of drug-likeness (QED) is 0.651. The molecule has 1 aromatic heterocycles. The van der Waals surface area contributed by atoms with Gasteiger partial charge in [-0.25, -0.2) is 9.97 Å². The lowest BCUT2D eigenvalue weighted by atomic mass is 10.3. The van der Waals surface area contributed by atoms with Gasteiger partial charge in [0.05, 0.1) is 6.54 Å². The number of nitrogens with one attached hydrogen (secondary N) is 1. The molecule has 21 heavy (non-hydrogen) atoms. The summed E-state index contributed by atoms with van der Waals surface area (Å²) in [4.78, 5) is 8.93. The van der Waals surface area contributed by atoms with Crippen LogP contribution in [0.2, 0.25) is 5.15 Å². The first-order valence-electron chi connectivity index (χ1n) is 7.20. The van der Waals surface area contributed by atoms with Gasteiger partial charge in [0.2, 0.25) is 0 Å². The number of rotatable bonds is 6. The van der Waals surface area contributed by atoms with Crippen molar-refractivity contribution >= 4 is 17.4 Å². The van der Waals surface area contributed by atoms with E-state index in [4.69, 9.17) is 16.3 Å². The topological polar surface area (TPSA) is 47.0 Å². The Bertz CT molecular complexity index is 614. The minimum Gasteiger partial charge on any atom is -0.492 e. The highest BCUT2D eigenvalue weighted by Gasteiger charge is 2.27. The Kier molecular flexibility index (Phi) is 4.25. The number of aromatic nitrogens is 2. The summed E-state index contributed by atoms with van der Waals surface area (Å²) >= 11 is 6.18. The van der Waals surface area contributed by atoms with Gasteiger partial charge in [-0.1, -0.05) is 29.8 Å². The lowest BCUT2D eigenvalue weighted by molar-refractivity contribution is 0.332.